The predicted octanol–water partition coefficient (Wildman–Crippen LogP) is 14.0. The monoisotopic (exact) mass is 742 g/mol. The van der Waals surface area contributed by atoms with Crippen LogP contribution in [-0.4, -0.2) is 19.1 Å². The lowest BCUT2D eigenvalue weighted by molar-refractivity contribution is 1.10. The Bertz CT molecular complexity index is 3100. The van der Waals surface area contributed by atoms with E-state index in [-0.39, 0.29) is 0 Å². The van der Waals surface area contributed by atoms with E-state index in [2.05, 4.69) is 217 Å². The largest absolute Gasteiger partial charge is 0.292 e. The van der Waals surface area contributed by atoms with Gasteiger partial charge in [0.1, 0.15) is 11.6 Å². The zero-order valence-electron chi connectivity index (χ0n) is 32.3. The number of benzene rings is 9. The average Bonchev–Trinajstić information content (AvgIpc) is 3.88. The molecule has 0 spiro atoms. The second-order valence-electron chi connectivity index (χ2n) is 15.1. The Kier molecular flexibility index (Phi) is 7.90. The average molecular weight is 743 g/mol. The third kappa shape index (κ3) is 5.37. The molecule has 2 aromatic heterocycles. The van der Waals surface area contributed by atoms with E-state index in [1.807, 2.05) is 0 Å². The fourth-order valence-corrected chi connectivity index (χ4v) is 8.97. The highest BCUT2D eigenvalue weighted by Gasteiger charge is 2.23. The molecule has 0 aliphatic rings. The number of aryl methyl sites for hydroxylation is 2. The van der Waals surface area contributed by atoms with E-state index in [4.69, 9.17) is 9.97 Å². The highest BCUT2D eigenvalue weighted by atomic mass is 15.1. The number of hydrogen-bond donors (Lipinski definition) is 0. The summed E-state index contributed by atoms with van der Waals surface area (Å²) in [6.07, 6.45) is 0. The van der Waals surface area contributed by atoms with Gasteiger partial charge in [-0.1, -0.05) is 158 Å². The lowest BCUT2D eigenvalue weighted by Crippen LogP contribution is -2.01. The highest BCUT2D eigenvalue weighted by Crippen LogP contribution is 2.46. The van der Waals surface area contributed by atoms with Crippen LogP contribution in [0.2, 0.25) is 0 Å². The minimum atomic E-state index is 0.927. The van der Waals surface area contributed by atoms with Crippen LogP contribution in [0.1, 0.15) is 11.1 Å². The molecule has 0 aliphatic carbocycles. The van der Waals surface area contributed by atoms with Crippen molar-refractivity contribution in [3.8, 4) is 56.4 Å². The second-order valence-corrected chi connectivity index (χ2v) is 15.1. The first-order valence-electron chi connectivity index (χ1n) is 19.8. The summed E-state index contributed by atoms with van der Waals surface area (Å²) in [4.78, 5) is 10.5. The summed E-state index contributed by atoms with van der Waals surface area (Å²) in [5.41, 5.74) is 15.6. The summed E-state index contributed by atoms with van der Waals surface area (Å²) in [5, 5.41) is 4.75. The summed E-state index contributed by atoms with van der Waals surface area (Å²) in [6.45, 7) is 4.36. The third-order valence-electron chi connectivity index (χ3n) is 11.5. The highest BCUT2D eigenvalue weighted by molar-refractivity contribution is 6.22. The molecule has 11 rings (SSSR count). The number of hydrogen-bond acceptors (Lipinski definition) is 2. The molecule has 0 fully saturated rings. The first kappa shape index (κ1) is 33.8. The summed E-state index contributed by atoms with van der Waals surface area (Å²) in [6, 6.07) is 69.6. The molecule has 274 valence electrons. The molecule has 11 aromatic rings. The smallest absolute Gasteiger partial charge is 0.145 e. The molecule has 0 amide bonds. The molecule has 0 saturated carbocycles. The maximum atomic E-state index is 5.24. The molecule has 0 radical (unpaired) electrons. The van der Waals surface area contributed by atoms with Crippen LogP contribution < -0.4 is 0 Å². The molecular formula is C54H38N4. The maximum absolute atomic E-state index is 5.24. The lowest BCUT2D eigenvalue weighted by atomic mass is 9.85. The minimum absolute atomic E-state index is 0.927. The van der Waals surface area contributed by atoms with Crippen LogP contribution in [0.5, 0.6) is 0 Å². The minimum Gasteiger partial charge on any atom is -0.292 e. The van der Waals surface area contributed by atoms with Crippen molar-refractivity contribution >= 4 is 43.6 Å². The molecule has 4 heteroatoms. The van der Waals surface area contributed by atoms with Crippen molar-refractivity contribution < 1.29 is 0 Å². The van der Waals surface area contributed by atoms with Gasteiger partial charge in [-0.3, -0.25) is 9.13 Å². The van der Waals surface area contributed by atoms with Gasteiger partial charge in [0.05, 0.1) is 22.1 Å². The SMILES string of the molecule is Cc1cccc2nc(-c3ccccc3)n(-c3ccc4c(-c5ccccc5)c5cc(-n6c(-c7ccccc7)nc7cccc(C)c76)ccc5c(-c5ccccc5)c4c3)c12. The van der Waals surface area contributed by atoms with E-state index in [9.17, 15) is 0 Å². The molecule has 0 unspecified atom stereocenters. The standard InChI is InChI=1S/C54H38N4/c1-35-17-15-27-47-51(35)57(53(55-47)39-23-11-5-12-24-39)41-29-31-43-45(33-41)49(37-19-7-3-8-20-37)44-32-30-42(34-46(44)50(43)38-21-9-4-10-22-38)58-52-36(2)18-16-28-48(52)56-54(58)40-25-13-6-14-26-40/h3-34H,1-2H3. The van der Waals surface area contributed by atoms with Crippen LogP contribution in [0, 0.1) is 13.8 Å². The summed E-state index contributed by atoms with van der Waals surface area (Å²) in [7, 11) is 0. The number of fused-ring (bicyclic) bond motifs is 4. The molecule has 0 atom stereocenters. The van der Waals surface area contributed by atoms with Gasteiger partial charge in [0.2, 0.25) is 0 Å². The van der Waals surface area contributed by atoms with Crippen LogP contribution in [-0.2, 0) is 0 Å². The molecule has 2 heterocycles. The Morgan fingerprint density at radius 2 is 0.690 bits per heavy atom. The van der Waals surface area contributed by atoms with E-state index < -0.39 is 0 Å². The fourth-order valence-electron chi connectivity index (χ4n) is 8.97. The van der Waals surface area contributed by atoms with Gasteiger partial charge in [0.25, 0.3) is 0 Å². The van der Waals surface area contributed by atoms with Gasteiger partial charge in [-0.05, 0) is 105 Å². The summed E-state index contributed by atoms with van der Waals surface area (Å²) < 4.78 is 4.70. The molecule has 0 saturated heterocycles. The first-order chi connectivity index (χ1) is 28.6. The molecule has 0 N–H and O–H groups in total. The lowest BCUT2D eigenvalue weighted by Gasteiger charge is -2.21. The van der Waals surface area contributed by atoms with E-state index >= 15 is 0 Å². The Balaban J connectivity index is 1.26. The molecule has 9 aromatic carbocycles. The van der Waals surface area contributed by atoms with Crippen LogP contribution in [0.25, 0.3) is 100 Å². The maximum Gasteiger partial charge on any atom is 0.145 e. The van der Waals surface area contributed by atoms with Crippen molar-refractivity contribution in [3.05, 3.63) is 205 Å². The number of para-hydroxylation sites is 2. The quantitative estimate of drug-likeness (QED) is 0.159. The van der Waals surface area contributed by atoms with Gasteiger partial charge in [-0.25, -0.2) is 9.97 Å². The van der Waals surface area contributed by atoms with Gasteiger partial charge in [-0.15, -0.1) is 0 Å². The van der Waals surface area contributed by atoms with Gasteiger partial charge in [0.15, 0.2) is 0 Å². The zero-order chi connectivity index (χ0) is 38.7. The molecule has 4 nitrogen and oxygen atoms in total. The fraction of sp³-hybridized carbons (Fsp3) is 0.0370. The normalized spacial score (nSPS) is 11.6. The summed E-state index contributed by atoms with van der Waals surface area (Å²) in [5.74, 6) is 1.85. The first-order valence-corrected chi connectivity index (χ1v) is 19.8. The van der Waals surface area contributed by atoms with E-state index in [1.54, 1.807) is 0 Å². The van der Waals surface area contributed by atoms with Crippen molar-refractivity contribution in [1.29, 1.82) is 0 Å². The van der Waals surface area contributed by atoms with Gasteiger partial charge < -0.3 is 0 Å². The zero-order valence-corrected chi connectivity index (χ0v) is 32.3. The van der Waals surface area contributed by atoms with Gasteiger partial charge >= 0.3 is 0 Å². The van der Waals surface area contributed by atoms with E-state index in [1.165, 1.54) is 54.9 Å². The molecule has 58 heavy (non-hydrogen) atoms. The van der Waals surface area contributed by atoms with Gasteiger partial charge in [-0.2, -0.15) is 0 Å². The molecular weight excluding hydrogens is 705 g/mol. The second kappa shape index (κ2) is 13.6. The Labute approximate surface area is 337 Å². The van der Waals surface area contributed by atoms with Gasteiger partial charge in [0, 0.05) is 22.5 Å². The summed E-state index contributed by atoms with van der Waals surface area (Å²) >= 11 is 0. The molecule has 0 aliphatic heterocycles. The van der Waals surface area contributed by atoms with Crippen molar-refractivity contribution in [2.75, 3.05) is 0 Å². The van der Waals surface area contributed by atoms with Crippen molar-refractivity contribution in [3.63, 3.8) is 0 Å². The predicted molar refractivity (Wildman–Crippen MR) is 242 cm³/mol. The Morgan fingerprint density at radius 3 is 1.07 bits per heavy atom. The number of imidazole rings is 2. The van der Waals surface area contributed by atoms with Crippen LogP contribution in [0.3, 0.4) is 0 Å². The number of aromatic nitrogens is 4. The van der Waals surface area contributed by atoms with Crippen LogP contribution >= 0.6 is 0 Å². The van der Waals surface area contributed by atoms with Crippen molar-refractivity contribution in [2.45, 2.75) is 13.8 Å². The van der Waals surface area contributed by atoms with E-state index in [0.717, 1.165) is 56.2 Å². The Morgan fingerprint density at radius 1 is 0.328 bits per heavy atom. The van der Waals surface area contributed by atoms with Crippen molar-refractivity contribution in [2.24, 2.45) is 0 Å². The number of nitrogens with zero attached hydrogens (tertiary/aromatic N) is 4. The van der Waals surface area contributed by atoms with E-state index in [0.29, 0.717) is 0 Å². The topological polar surface area (TPSA) is 35.6 Å². The number of rotatable bonds is 6. The molecule has 0 bridgehead atoms. The third-order valence-corrected chi connectivity index (χ3v) is 11.5. The Hall–Kier alpha value is -7.56. The van der Waals surface area contributed by atoms with Crippen LogP contribution in [0.15, 0.2) is 194 Å². The van der Waals surface area contributed by atoms with Crippen molar-refractivity contribution in [1.82, 2.24) is 19.1 Å². The van der Waals surface area contributed by atoms with Crippen LogP contribution in [0.4, 0.5) is 0 Å².